The quantitative estimate of drug-likeness (QED) is 0.705. The van der Waals surface area contributed by atoms with Gasteiger partial charge in [-0.2, -0.15) is 9.78 Å². The van der Waals surface area contributed by atoms with Crippen molar-refractivity contribution in [3.63, 3.8) is 0 Å². The van der Waals surface area contributed by atoms with E-state index < -0.39 is 17.2 Å². The Kier molecular flexibility index (Phi) is 5.78. The van der Waals surface area contributed by atoms with Crippen molar-refractivity contribution in [3.05, 3.63) is 92.5 Å². The van der Waals surface area contributed by atoms with Gasteiger partial charge in [-0.25, -0.2) is 9.18 Å². The first-order valence-electron chi connectivity index (χ1n) is 8.83. The molecule has 7 nitrogen and oxygen atoms in total. The van der Waals surface area contributed by atoms with Crippen LogP contribution in [0.15, 0.2) is 64.2 Å². The van der Waals surface area contributed by atoms with Crippen LogP contribution in [0.3, 0.4) is 0 Å². The first-order chi connectivity index (χ1) is 13.5. The number of carbonyl (C=O) groups is 1. The number of aromatic nitrogens is 3. The van der Waals surface area contributed by atoms with E-state index in [9.17, 15) is 18.8 Å². The Morgan fingerprint density at radius 2 is 1.75 bits per heavy atom. The minimum absolute atomic E-state index is 0.0957. The van der Waals surface area contributed by atoms with Crippen LogP contribution in [-0.2, 0) is 13.1 Å². The zero-order valence-electron chi connectivity index (χ0n) is 15.3. The first kappa shape index (κ1) is 19.2. The third-order valence-corrected chi connectivity index (χ3v) is 4.09. The average Bonchev–Trinajstić information content (AvgIpc) is 2.71. The zero-order chi connectivity index (χ0) is 20.1. The number of rotatable bonds is 6. The summed E-state index contributed by atoms with van der Waals surface area (Å²) < 4.78 is 15.0. The predicted octanol–water partition coefficient (Wildman–Crippen LogP) is 1.87. The number of nitrogens with one attached hydrogen (secondary N) is 1. The first-order valence-corrected chi connectivity index (χ1v) is 8.83. The van der Waals surface area contributed by atoms with Crippen molar-refractivity contribution in [2.45, 2.75) is 26.4 Å². The van der Waals surface area contributed by atoms with Gasteiger partial charge in [0.25, 0.3) is 11.5 Å². The second-order valence-corrected chi connectivity index (χ2v) is 6.14. The highest BCUT2D eigenvalue weighted by molar-refractivity contribution is 5.91. The van der Waals surface area contributed by atoms with Crippen molar-refractivity contribution in [2.75, 3.05) is 0 Å². The van der Waals surface area contributed by atoms with Crippen molar-refractivity contribution in [3.8, 4) is 5.69 Å². The fourth-order valence-electron chi connectivity index (χ4n) is 2.68. The Bertz CT molecular complexity index is 1090. The monoisotopic (exact) mass is 382 g/mol. The standard InChI is InChI=1S/C20H19FN4O3/c1-2-12-24-19(27)17(18(26)22-13-14-8-10-15(21)11-9-14)23-25(20(24)28)16-6-4-3-5-7-16/h3-11H,2,12-13H2,1H3,(H,22,26). The maximum Gasteiger partial charge on any atom is 0.352 e. The summed E-state index contributed by atoms with van der Waals surface area (Å²) in [7, 11) is 0. The summed E-state index contributed by atoms with van der Waals surface area (Å²) in [6.07, 6.45) is 0.546. The van der Waals surface area contributed by atoms with Gasteiger partial charge in [-0.3, -0.25) is 14.2 Å². The molecule has 1 heterocycles. The molecular weight excluding hydrogens is 363 g/mol. The van der Waals surface area contributed by atoms with Crippen molar-refractivity contribution >= 4 is 5.91 Å². The lowest BCUT2D eigenvalue weighted by Crippen LogP contribution is -2.45. The fourth-order valence-corrected chi connectivity index (χ4v) is 2.68. The molecule has 144 valence electrons. The lowest BCUT2D eigenvalue weighted by Gasteiger charge is -2.11. The van der Waals surface area contributed by atoms with Crippen LogP contribution in [0.5, 0.6) is 0 Å². The molecule has 0 aliphatic carbocycles. The summed E-state index contributed by atoms with van der Waals surface area (Å²) in [6.45, 7) is 2.09. The molecule has 8 heteroatoms. The van der Waals surface area contributed by atoms with Gasteiger partial charge in [-0.05, 0) is 36.2 Å². The second kappa shape index (κ2) is 8.43. The number of hydrogen-bond acceptors (Lipinski definition) is 4. The minimum atomic E-state index is -0.740. The molecule has 1 N–H and O–H groups in total. The van der Waals surface area contributed by atoms with Crippen LogP contribution in [-0.4, -0.2) is 20.3 Å². The van der Waals surface area contributed by atoms with Crippen LogP contribution >= 0.6 is 0 Å². The number of hydrogen-bond donors (Lipinski definition) is 1. The SMILES string of the molecule is CCCn1c(=O)c(C(=O)NCc2ccc(F)cc2)nn(-c2ccccc2)c1=O. The predicted molar refractivity (Wildman–Crippen MR) is 102 cm³/mol. The Morgan fingerprint density at radius 3 is 2.39 bits per heavy atom. The van der Waals surface area contributed by atoms with Crippen molar-refractivity contribution in [2.24, 2.45) is 0 Å². The van der Waals surface area contributed by atoms with Gasteiger partial charge in [0.1, 0.15) is 5.82 Å². The molecule has 2 aromatic carbocycles. The molecule has 3 rings (SSSR count). The van der Waals surface area contributed by atoms with E-state index in [0.29, 0.717) is 17.7 Å². The van der Waals surface area contributed by atoms with Crippen LogP contribution < -0.4 is 16.6 Å². The molecule has 0 atom stereocenters. The molecule has 0 saturated heterocycles. The smallest absolute Gasteiger partial charge is 0.346 e. The van der Waals surface area contributed by atoms with Crippen molar-refractivity contribution in [1.29, 1.82) is 0 Å². The second-order valence-electron chi connectivity index (χ2n) is 6.14. The van der Waals surface area contributed by atoms with Gasteiger partial charge in [0.15, 0.2) is 0 Å². The Morgan fingerprint density at radius 1 is 1.07 bits per heavy atom. The number of carbonyl (C=O) groups excluding carboxylic acids is 1. The summed E-state index contributed by atoms with van der Waals surface area (Å²) in [6, 6.07) is 14.2. The molecule has 1 aromatic heterocycles. The molecule has 3 aromatic rings. The molecule has 0 aliphatic rings. The van der Waals surface area contributed by atoms with Crippen LogP contribution in [0.4, 0.5) is 4.39 Å². The highest BCUT2D eigenvalue weighted by atomic mass is 19.1. The fraction of sp³-hybridized carbons (Fsp3) is 0.200. The highest BCUT2D eigenvalue weighted by Crippen LogP contribution is 2.04. The van der Waals surface area contributed by atoms with E-state index in [1.165, 1.54) is 24.3 Å². The largest absolute Gasteiger partial charge is 0.352 e. The van der Waals surface area contributed by atoms with E-state index >= 15 is 0 Å². The number of benzene rings is 2. The molecule has 0 saturated carbocycles. The van der Waals surface area contributed by atoms with Gasteiger partial charge in [-0.1, -0.05) is 37.3 Å². The normalized spacial score (nSPS) is 10.6. The number of halogens is 1. The van der Waals surface area contributed by atoms with Gasteiger partial charge in [0.05, 0.1) is 5.69 Å². The van der Waals surface area contributed by atoms with E-state index in [0.717, 1.165) is 9.25 Å². The lowest BCUT2D eigenvalue weighted by atomic mass is 10.2. The number of nitrogens with zero attached hydrogens (tertiary/aromatic N) is 3. The average molecular weight is 382 g/mol. The Hall–Kier alpha value is -3.55. The van der Waals surface area contributed by atoms with Crippen LogP contribution in [0.25, 0.3) is 5.69 Å². The molecule has 0 radical (unpaired) electrons. The van der Waals surface area contributed by atoms with Gasteiger partial charge < -0.3 is 5.32 Å². The molecule has 28 heavy (non-hydrogen) atoms. The third kappa shape index (κ3) is 4.06. The van der Waals surface area contributed by atoms with Crippen LogP contribution in [0.1, 0.15) is 29.4 Å². The van der Waals surface area contributed by atoms with E-state index in [-0.39, 0.29) is 24.6 Å². The topological polar surface area (TPSA) is 86.0 Å². The lowest BCUT2D eigenvalue weighted by molar-refractivity contribution is 0.0941. The van der Waals surface area contributed by atoms with Gasteiger partial charge >= 0.3 is 5.69 Å². The number of para-hydroxylation sites is 1. The highest BCUT2D eigenvalue weighted by Gasteiger charge is 2.19. The molecule has 0 spiro atoms. The Labute approximate surface area is 160 Å². The van der Waals surface area contributed by atoms with E-state index in [1.807, 2.05) is 6.92 Å². The number of amides is 1. The van der Waals surface area contributed by atoms with E-state index in [1.54, 1.807) is 30.3 Å². The minimum Gasteiger partial charge on any atom is -0.346 e. The zero-order valence-corrected chi connectivity index (χ0v) is 15.3. The summed E-state index contributed by atoms with van der Waals surface area (Å²) in [5.74, 6) is -1.09. The maximum atomic E-state index is 13.0. The van der Waals surface area contributed by atoms with Crippen molar-refractivity contribution < 1.29 is 9.18 Å². The summed E-state index contributed by atoms with van der Waals surface area (Å²) in [5, 5.41) is 6.60. The molecular formula is C20H19FN4O3. The summed E-state index contributed by atoms with van der Waals surface area (Å²) >= 11 is 0. The Balaban J connectivity index is 1.98. The van der Waals surface area contributed by atoms with E-state index in [4.69, 9.17) is 0 Å². The maximum absolute atomic E-state index is 13.0. The summed E-state index contributed by atoms with van der Waals surface area (Å²) in [4.78, 5) is 37.9. The van der Waals surface area contributed by atoms with E-state index in [2.05, 4.69) is 10.4 Å². The molecule has 0 fully saturated rings. The van der Waals surface area contributed by atoms with Gasteiger partial charge in [-0.15, -0.1) is 0 Å². The summed E-state index contributed by atoms with van der Waals surface area (Å²) in [5.41, 5.74) is -0.604. The van der Waals surface area contributed by atoms with Gasteiger partial charge in [0.2, 0.25) is 5.69 Å². The van der Waals surface area contributed by atoms with Crippen LogP contribution in [0.2, 0.25) is 0 Å². The molecule has 1 amide bonds. The third-order valence-electron chi connectivity index (χ3n) is 4.09. The molecule has 0 unspecified atom stereocenters. The molecule has 0 bridgehead atoms. The van der Waals surface area contributed by atoms with Crippen LogP contribution in [0, 0.1) is 5.82 Å². The van der Waals surface area contributed by atoms with Gasteiger partial charge in [0, 0.05) is 13.1 Å². The van der Waals surface area contributed by atoms with Crippen molar-refractivity contribution in [1.82, 2.24) is 19.7 Å². The molecule has 0 aliphatic heterocycles.